The van der Waals surface area contributed by atoms with E-state index in [1.807, 2.05) is 4.98 Å². The molecule has 1 aromatic carbocycles. The summed E-state index contributed by atoms with van der Waals surface area (Å²) in [6.07, 6.45) is -0.859. The molecule has 1 aromatic heterocycles. The Bertz CT molecular complexity index is 1530. The molecule has 0 radical (unpaired) electrons. The van der Waals surface area contributed by atoms with Crippen molar-refractivity contribution in [1.29, 1.82) is 0 Å². The lowest BCUT2D eigenvalue weighted by atomic mass is 9.98. The second-order valence-electron chi connectivity index (χ2n) is 10.5. The van der Waals surface area contributed by atoms with Gasteiger partial charge in [-0.15, -0.1) is 0 Å². The Morgan fingerprint density at radius 3 is 2.69 bits per heavy atom. The van der Waals surface area contributed by atoms with E-state index in [9.17, 15) is 24.1 Å². The van der Waals surface area contributed by atoms with Gasteiger partial charge < -0.3 is 19.1 Å². The van der Waals surface area contributed by atoms with Crippen molar-refractivity contribution in [1.82, 2.24) is 14.6 Å². The summed E-state index contributed by atoms with van der Waals surface area (Å²) < 4.78 is 53.4. The fourth-order valence-electron chi connectivity index (χ4n) is 5.46. The van der Waals surface area contributed by atoms with Crippen molar-refractivity contribution >= 4 is 13.7 Å². The van der Waals surface area contributed by atoms with Gasteiger partial charge in [-0.05, 0) is 50.3 Å². The number of aromatic amines is 1. The lowest BCUT2D eigenvalue weighted by Crippen LogP contribution is -2.41. The van der Waals surface area contributed by atoms with Gasteiger partial charge in [-0.2, -0.15) is 5.09 Å². The summed E-state index contributed by atoms with van der Waals surface area (Å²) in [5.74, 6) is -0.642. The zero-order chi connectivity index (χ0) is 30.1. The van der Waals surface area contributed by atoms with E-state index in [4.69, 9.17) is 24.1 Å². The number of H-pyrrole nitrogens is 1. The van der Waals surface area contributed by atoms with Crippen molar-refractivity contribution in [2.24, 2.45) is 5.11 Å². The Balaban J connectivity index is 1.41. The predicted octanol–water partition coefficient (Wildman–Crippen LogP) is 2.62. The molecule has 5 rings (SSSR count). The lowest BCUT2D eigenvalue weighted by Gasteiger charge is -2.28. The Labute approximate surface area is 238 Å². The number of alkyl halides is 1. The van der Waals surface area contributed by atoms with Crippen molar-refractivity contribution in [3.05, 3.63) is 73.9 Å². The molecule has 17 heteroatoms. The van der Waals surface area contributed by atoms with E-state index in [1.54, 1.807) is 18.2 Å². The summed E-state index contributed by atoms with van der Waals surface area (Å²) in [6, 6.07) is 7.55. The standard InChI is InChI=1S/C25H30FN6O9P/c1-15(21(34)38-16-8-4-2-5-9-16)30-42(37,40-17-10-6-3-7-11-17)41-22-24(14-28-31-27)25(22,36)19(26)20(39-24)32-13-12-18(33)29-23(32)35/h3,6-7,10-13,15-16,19-20,22,36H,2,4-5,8-9,14H2,1H3,(H,30,37)(H,29,33,35)/t15?,19-,20+,22?,24+,25+,42?/m0/s1. The first-order valence-corrected chi connectivity index (χ1v) is 15.0. The normalized spacial score (nSPS) is 30.8. The van der Waals surface area contributed by atoms with E-state index in [0.29, 0.717) is 17.4 Å². The fraction of sp³-hybridized carbons (Fsp3) is 0.560. The van der Waals surface area contributed by atoms with Crippen molar-refractivity contribution < 1.29 is 37.4 Å². The van der Waals surface area contributed by atoms with Crippen LogP contribution in [-0.4, -0.2) is 62.8 Å². The molecule has 0 amide bonds. The highest BCUT2D eigenvalue weighted by Gasteiger charge is 2.90. The zero-order valence-corrected chi connectivity index (χ0v) is 23.4. The van der Waals surface area contributed by atoms with E-state index in [2.05, 4.69) is 15.1 Å². The number of hydrogen-bond donors (Lipinski definition) is 3. The van der Waals surface area contributed by atoms with Crippen LogP contribution >= 0.6 is 7.75 Å². The second-order valence-corrected chi connectivity index (χ2v) is 12.1. The van der Waals surface area contributed by atoms with Gasteiger partial charge in [0.25, 0.3) is 5.56 Å². The van der Waals surface area contributed by atoms with Crippen molar-refractivity contribution in [3.8, 4) is 5.75 Å². The number of halogens is 1. The minimum atomic E-state index is -4.61. The van der Waals surface area contributed by atoms with Gasteiger partial charge in [0.05, 0.1) is 6.54 Å². The van der Waals surface area contributed by atoms with Gasteiger partial charge in [-0.3, -0.25) is 23.7 Å². The van der Waals surface area contributed by atoms with Gasteiger partial charge in [0.15, 0.2) is 18.0 Å². The SMILES string of the molecule is CC(NP(=O)(Oc1ccccc1)OC1[C@@]2(CN=[N+]=[N-])O[C@@H](n3ccc(=O)[nH]c3=O)[C@H](F)[C@@]12O)C(=O)OC1CCCCC1. The van der Waals surface area contributed by atoms with E-state index in [1.165, 1.54) is 19.1 Å². The number of hydrogen-bond acceptors (Lipinski definition) is 10. The Morgan fingerprint density at radius 1 is 1.31 bits per heavy atom. The number of fused-ring (bicyclic) bond motifs is 1. The maximum absolute atomic E-state index is 15.9. The highest BCUT2D eigenvalue weighted by Crippen LogP contribution is 2.68. The number of aliphatic hydroxyl groups is 1. The van der Waals surface area contributed by atoms with Crippen molar-refractivity contribution in [3.63, 3.8) is 0 Å². The average Bonchev–Trinajstić information content (AvgIpc) is 3.35. The molecule has 2 heterocycles. The minimum absolute atomic E-state index is 0.0680. The first kappa shape index (κ1) is 30.0. The number of nitrogens with one attached hydrogen (secondary N) is 2. The van der Waals surface area contributed by atoms with Crippen LogP contribution in [-0.2, 0) is 23.4 Å². The van der Waals surface area contributed by atoms with Crippen LogP contribution in [0.15, 0.2) is 57.3 Å². The number of esters is 1. The van der Waals surface area contributed by atoms with Crippen LogP contribution in [0.3, 0.4) is 0 Å². The third-order valence-electron chi connectivity index (χ3n) is 7.67. The topological polar surface area (TPSA) is 207 Å². The number of carbonyl (C=O) groups excluding carboxylic acids is 1. The molecule has 3 N–H and O–H groups in total. The van der Waals surface area contributed by atoms with Crippen molar-refractivity contribution in [2.75, 3.05) is 6.54 Å². The molecule has 3 aliphatic rings. The molecule has 2 saturated carbocycles. The lowest BCUT2D eigenvalue weighted by molar-refractivity contribution is -0.152. The molecule has 1 saturated heterocycles. The van der Waals surface area contributed by atoms with Crippen LogP contribution in [0.4, 0.5) is 4.39 Å². The van der Waals surface area contributed by atoms with Crippen LogP contribution in [0, 0.1) is 0 Å². The Hall–Kier alpha value is -3.52. The van der Waals surface area contributed by atoms with Gasteiger partial charge in [-0.25, -0.2) is 13.8 Å². The number of carbonyl (C=O) groups is 1. The molecule has 1 aliphatic heterocycles. The third kappa shape index (κ3) is 5.49. The van der Waals surface area contributed by atoms with Gasteiger partial charge >= 0.3 is 19.4 Å². The smallest absolute Gasteiger partial charge is 0.459 e. The van der Waals surface area contributed by atoms with Gasteiger partial charge in [0.1, 0.15) is 29.6 Å². The largest absolute Gasteiger partial charge is 0.461 e. The van der Waals surface area contributed by atoms with Crippen LogP contribution in [0.25, 0.3) is 10.4 Å². The average molecular weight is 609 g/mol. The summed E-state index contributed by atoms with van der Waals surface area (Å²) in [6.45, 7) is 0.713. The second kappa shape index (κ2) is 11.6. The zero-order valence-electron chi connectivity index (χ0n) is 22.5. The molecule has 0 spiro atoms. The molecular weight excluding hydrogens is 578 g/mol. The van der Waals surface area contributed by atoms with Crippen LogP contribution in [0.5, 0.6) is 5.75 Å². The molecule has 0 bridgehead atoms. The number of aromatic nitrogens is 2. The van der Waals surface area contributed by atoms with Crippen LogP contribution in [0.1, 0.15) is 45.3 Å². The summed E-state index contributed by atoms with van der Waals surface area (Å²) in [5.41, 5.74) is 2.53. The molecule has 42 heavy (non-hydrogen) atoms. The quantitative estimate of drug-likeness (QED) is 0.112. The molecule has 2 aromatic rings. The minimum Gasteiger partial charge on any atom is -0.461 e. The maximum atomic E-state index is 15.9. The van der Waals surface area contributed by atoms with Gasteiger partial charge in [0.2, 0.25) is 0 Å². The molecule has 226 valence electrons. The summed E-state index contributed by atoms with van der Waals surface area (Å²) in [5, 5.41) is 17.4. The number of rotatable bonds is 11. The number of benzene rings is 1. The predicted molar refractivity (Wildman–Crippen MR) is 143 cm³/mol. The molecule has 7 atom stereocenters. The Kier molecular flexibility index (Phi) is 8.30. The number of azide groups is 1. The molecule has 2 aliphatic carbocycles. The molecule has 15 nitrogen and oxygen atoms in total. The van der Waals surface area contributed by atoms with Crippen LogP contribution in [0.2, 0.25) is 0 Å². The number of ether oxygens (including phenoxy) is 2. The third-order valence-corrected chi connectivity index (χ3v) is 9.31. The van der Waals surface area contributed by atoms with E-state index in [-0.39, 0.29) is 11.9 Å². The summed E-state index contributed by atoms with van der Waals surface area (Å²) >= 11 is 0. The fourth-order valence-corrected chi connectivity index (χ4v) is 7.20. The highest BCUT2D eigenvalue weighted by atomic mass is 31.2. The number of para-hydroxylation sites is 1. The van der Waals surface area contributed by atoms with E-state index < -0.39 is 67.3 Å². The number of nitrogens with zero attached hydrogens (tertiary/aromatic N) is 4. The molecule has 3 fully saturated rings. The van der Waals surface area contributed by atoms with Gasteiger partial charge in [-0.1, -0.05) is 29.7 Å². The van der Waals surface area contributed by atoms with Crippen LogP contribution < -0.4 is 20.9 Å². The van der Waals surface area contributed by atoms with E-state index >= 15 is 4.39 Å². The highest BCUT2D eigenvalue weighted by molar-refractivity contribution is 7.52. The van der Waals surface area contributed by atoms with Gasteiger partial charge in [0, 0.05) is 17.2 Å². The van der Waals surface area contributed by atoms with E-state index in [0.717, 1.165) is 31.5 Å². The first-order valence-electron chi connectivity index (χ1n) is 13.4. The summed E-state index contributed by atoms with van der Waals surface area (Å²) in [7, 11) is -4.61. The first-order chi connectivity index (χ1) is 20.0. The monoisotopic (exact) mass is 608 g/mol. The summed E-state index contributed by atoms with van der Waals surface area (Å²) in [4.78, 5) is 41.2. The Morgan fingerprint density at radius 2 is 2.02 bits per heavy atom. The molecular formula is C25H30FN6O9P. The molecule has 3 unspecified atom stereocenters. The maximum Gasteiger partial charge on any atom is 0.459 e. The van der Waals surface area contributed by atoms with Crippen molar-refractivity contribution in [2.45, 2.75) is 80.9 Å².